The number of amides is 2. The van der Waals surface area contributed by atoms with Gasteiger partial charge in [-0.1, -0.05) is 41.9 Å². The number of halogens is 1. The fourth-order valence-corrected chi connectivity index (χ4v) is 7.68. The van der Waals surface area contributed by atoms with Crippen LogP contribution in [-0.4, -0.2) is 40.0 Å². The molecule has 4 atom stereocenters. The molecule has 0 unspecified atom stereocenters. The van der Waals surface area contributed by atoms with Crippen molar-refractivity contribution in [2.24, 2.45) is 5.92 Å². The number of nitro groups is 1. The largest absolute Gasteiger partial charge is 0.325 e. The Bertz CT molecular complexity index is 1610. The number of carbonyl (C=O) groups excluding carboxylic acids is 3. The predicted octanol–water partition coefficient (Wildman–Crippen LogP) is 4.26. The van der Waals surface area contributed by atoms with Gasteiger partial charge in [-0.3, -0.25) is 29.4 Å². The molecule has 190 valence electrons. The lowest BCUT2D eigenvalue weighted by atomic mass is 9.57. The van der Waals surface area contributed by atoms with Crippen molar-refractivity contribution in [3.05, 3.63) is 98.6 Å². The fourth-order valence-electron chi connectivity index (χ4n) is 7.50. The minimum absolute atomic E-state index is 0.134. The number of rotatable bonds is 3. The summed E-state index contributed by atoms with van der Waals surface area (Å²) in [6.07, 6.45) is 1.32. The zero-order valence-electron chi connectivity index (χ0n) is 19.9. The smallest absolute Gasteiger partial charge is 0.270 e. The Balaban J connectivity index is 1.57. The van der Waals surface area contributed by atoms with Gasteiger partial charge in [-0.2, -0.15) is 0 Å². The van der Waals surface area contributed by atoms with Crippen LogP contribution in [0.2, 0.25) is 5.02 Å². The molecule has 0 aliphatic carbocycles. The molecule has 3 aromatic carbocycles. The first kappa shape index (κ1) is 23.1. The third-order valence-electron chi connectivity index (χ3n) is 8.68. The average molecular weight is 529 g/mol. The molecule has 0 aromatic heterocycles. The number of nitro benzene ring substituents is 1. The molecular weight excluding hydrogens is 508 g/mol. The Morgan fingerprint density at radius 2 is 1.74 bits per heavy atom. The number of carbonyl (C=O) groups is 3. The highest BCUT2D eigenvalue weighted by Gasteiger charge is 2.81. The molecule has 2 amide bonds. The number of nitrogens with one attached hydrogen (secondary N) is 2. The van der Waals surface area contributed by atoms with E-state index in [9.17, 15) is 24.5 Å². The maximum atomic E-state index is 14.5. The summed E-state index contributed by atoms with van der Waals surface area (Å²) in [5, 5.41) is 17.9. The number of anilines is 2. The molecule has 9 nitrogen and oxygen atoms in total. The van der Waals surface area contributed by atoms with Crippen LogP contribution in [0.5, 0.6) is 0 Å². The van der Waals surface area contributed by atoms with Gasteiger partial charge >= 0.3 is 0 Å². The first-order valence-corrected chi connectivity index (χ1v) is 12.8. The summed E-state index contributed by atoms with van der Waals surface area (Å²) in [7, 11) is 0. The molecule has 3 aromatic rings. The van der Waals surface area contributed by atoms with E-state index in [0.29, 0.717) is 40.5 Å². The van der Waals surface area contributed by atoms with E-state index in [2.05, 4.69) is 10.6 Å². The van der Waals surface area contributed by atoms with Crippen molar-refractivity contribution in [3.8, 4) is 0 Å². The quantitative estimate of drug-likeness (QED) is 0.297. The van der Waals surface area contributed by atoms with Gasteiger partial charge in [-0.05, 0) is 49.2 Å². The predicted molar refractivity (Wildman–Crippen MR) is 139 cm³/mol. The molecule has 0 saturated carbocycles. The van der Waals surface area contributed by atoms with Crippen molar-refractivity contribution in [2.45, 2.75) is 29.8 Å². The van der Waals surface area contributed by atoms with Gasteiger partial charge in [0.2, 0.25) is 5.91 Å². The first-order chi connectivity index (χ1) is 18.3. The van der Waals surface area contributed by atoms with Crippen LogP contribution in [0.1, 0.15) is 34.3 Å². The van der Waals surface area contributed by atoms with E-state index in [4.69, 9.17) is 11.6 Å². The Morgan fingerprint density at radius 3 is 2.55 bits per heavy atom. The zero-order chi connectivity index (χ0) is 26.4. The van der Waals surface area contributed by atoms with Crippen molar-refractivity contribution in [3.63, 3.8) is 0 Å². The van der Waals surface area contributed by atoms with Crippen molar-refractivity contribution >= 4 is 46.3 Å². The molecule has 2 spiro atoms. The summed E-state index contributed by atoms with van der Waals surface area (Å²) in [6.45, 7) is 0.500. The van der Waals surface area contributed by atoms with Crippen molar-refractivity contribution < 1.29 is 19.3 Å². The summed E-state index contributed by atoms with van der Waals surface area (Å²) in [4.78, 5) is 56.2. The summed E-state index contributed by atoms with van der Waals surface area (Å²) in [6, 6.07) is 17.4. The number of ketones is 1. The van der Waals surface area contributed by atoms with Gasteiger partial charge in [0.1, 0.15) is 11.0 Å². The van der Waals surface area contributed by atoms with Crippen LogP contribution in [0.25, 0.3) is 0 Å². The van der Waals surface area contributed by atoms with Gasteiger partial charge < -0.3 is 10.6 Å². The number of nitrogens with zero attached hydrogens (tertiary/aromatic N) is 2. The fraction of sp³-hybridized carbons (Fsp3) is 0.250. The minimum Gasteiger partial charge on any atom is -0.325 e. The summed E-state index contributed by atoms with van der Waals surface area (Å²) >= 11 is 6.46. The van der Waals surface area contributed by atoms with Crippen LogP contribution in [0.3, 0.4) is 0 Å². The van der Waals surface area contributed by atoms with Gasteiger partial charge in [0.25, 0.3) is 11.6 Å². The molecule has 4 aliphatic heterocycles. The molecule has 7 rings (SSSR count). The van der Waals surface area contributed by atoms with Gasteiger partial charge in [0, 0.05) is 45.7 Å². The summed E-state index contributed by atoms with van der Waals surface area (Å²) in [5.74, 6) is -2.22. The molecule has 0 bridgehead atoms. The Morgan fingerprint density at radius 1 is 0.974 bits per heavy atom. The molecule has 10 heteroatoms. The molecular formula is C28H21ClN4O5. The molecule has 4 heterocycles. The maximum Gasteiger partial charge on any atom is 0.270 e. The topological polar surface area (TPSA) is 122 Å². The Labute approximate surface area is 221 Å². The second-order valence-corrected chi connectivity index (χ2v) is 10.7. The molecule has 38 heavy (non-hydrogen) atoms. The first-order valence-electron chi connectivity index (χ1n) is 12.4. The number of hydrogen-bond donors (Lipinski definition) is 2. The SMILES string of the molecule is O=C(c1cccc([N+](=O)[O-])c1)[C@@H]1[C@@H]2CCCN2[C@@]2(C(=O)Nc3ccc(Cl)cc32)[C@@]12C(=O)Nc1ccccc12. The summed E-state index contributed by atoms with van der Waals surface area (Å²) < 4.78 is 0. The molecule has 2 N–H and O–H groups in total. The van der Waals surface area contributed by atoms with Crippen LogP contribution < -0.4 is 10.6 Å². The van der Waals surface area contributed by atoms with Crippen LogP contribution >= 0.6 is 11.6 Å². The second-order valence-electron chi connectivity index (χ2n) is 10.2. The maximum absolute atomic E-state index is 14.5. The average Bonchev–Trinajstić information content (AvgIpc) is 3.62. The van der Waals surface area contributed by atoms with E-state index >= 15 is 0 Å². The molecule has 2 saturated heterocycles. The normalized spacial score (nSPS) is 28.8. The van der Waals surface area contributed by atoms with E-state index in [1.54, 1.807) is 42.5 Å². The van der Waals surface area contributed by atoms with Crippen LogP contribution in [0.4, 0.5) is 17.1 Å². The highest BCUT2D eigenvalue weighted by Crippen LogP contribution is 2.68. The van der Waals surface area contributed by atoms with Gasteiger partial charge in [-0.15, -0.1) is 0 Å². The van der Waals surface area contributed by atoms with E-state index in [-0.39, 0.29) is 17.2 Å². The molecule has 4 aliphatic rings. The van der Waals surface area contributed by atoms with E-state index in [0.717, 1.165) is 6.42 Å². The summed E-state index contributed by atoms with van der Waals surface area (Å²) in [5.41, 5.74) is -1.04. The third-order valence-corrected chi connectivity index (χ3v) is 8.92. The van der Waals surface area contributed by atoms with E-state index in [1.165, 1.54) is 24.3 Å². The highest BCUT2D eigenvalue weighted by molar-refractivity contribution is 6.31. The highest BCUT2D eigenvalue weighted by atomic mass is 35.5. The van der Waals surface area contributed by atoms with Crippen LogP contribution in [0, 0.1) is 16.0 Å². The van der Waals surface area contributed by atoms with Crippen molar-refractivity contribution in [1.82, 2.24) is 4.90 Å². The number of fused-ring (bicyclic) bond motifs is 7. The van der Waals surface area contributed by atoms with E-state index < -0.39 is 39.5 Å². The monoisotopic (exact) mass is 528 g/mol. The number of non-ortho nitro benzene ring substituents is 1. The lowest BCUT2D eigenvalue weighted by molar-refractivity contribution is -0.384. The van der Waals surface area contributed by atoms with Crippen molar-refractivity contribution in [2.75, 3.05) is 17.2 Å². The van der Waals surface area contributed by atoms with E-state index in [1.807, 2.05) is 4.90 Å². The van der Waals surface area contributed by atoms with Crippen molar-refractivity contribution in [1.29, 1.82) is 0 Å². The Hall–Kier alpha value is -4.08. The molecule has 2 fully saturated rings. The van der Waals surface area contributed by atoms with Gasteiger partial charge in [0.15, 0.2) is 5.78 Å². The van der Waals surface area contributed by atoms with Crippen LogP contribution in [-0.2, 0) is 20.5 Å². The number of hydrogen-bond acceptors (Lipinski definition) is 6. The van der Waals surface area contributed by atoms with Crippen LogP contribution in [0.15, 0.2) is 66.7 Å². The second kappa shape index (κ2) is 7.72. The lowest BCUT2D eigenvalue weighted by Crippen LogP contribution is -2.62. The minimum atomic E-state index is -1.63. The standard InChI is InChI=1S/C28H21ClN4O5/c29-16-10-11-21-19(14-16)28(26(36)31-21)27(18-7-1-2-8-20(18)30-25(27)35)23(22-9-4-12-32(22)28)24(34)15-5-3-6-17(13-15)33(37)38/h1-3,5-8,10-11,13-14,22-23H,4,9,12H2,(H,30,35)(H,31,36)/t22-,23-,27+,28-/m0/s1. The van der Waals surface area contributed by atoms with Gasteiger partial charge in [-0.25, -0.2) is 0 Å². The lowest BCUT2D eigenvalue weighted by Gasteiger charge is -2.43. The number of Topliss-reactive ketones (excluding diaryl/α,β-unsaturated/α-hetero) is 1. The van der Waals surface area contributed by atoms with Gasteiger partial charge in [0.05, 0.1) is 10.8 Å². The zero-order valence-corrected chi connectivity index (χ0v) is 20.7. The number of para-hydroxylation sites is 1. The Kier molecular flexibility index (Phi) is 4.69. The number of benzene rings is 3. The third kappa shape index (κ3) is 2.57. The molecule has 0 radical (unpaired) electrons.